The van der Waals surface area contributed by atoms with E-state index in [1.165, 1.54) is 0 Å². The molecule has 1 aromatic rings. The van der Waals surface area contributed by atoms with Crippen molar-refractivity contribution in [3.8, 4) is 17.2 Å². The molecule has 0 saturated carbocycles. The molecule has 3 N–H and O–H groups in total. The normalized spacial score (nSPS) is 9.62. The molecule has 0 radical (unpaired) electrons. The number of rotatable bonds is 1. The Balaban J connectivity index is 3.20. The van der Waals surface area contributed by atoms with Crippen LogP contribution < -0.4 is 0 Å². The molecule has 0 atom stereocenters. The van der Waals surface area contributed by atoms with Gasteiger partial charge in [0.1, 0.15) is 0 Å². The summed E-state index contributed by atoms with van der Waals surface area (Å²) in [6.45, 7) is 0. The molecule has 0 heterocycles. The quantitative estimate of drug-likeness (QED) is 0.248. The minimum absolute atomic E-state index is 0.00562. The van der Waals surface area contributed by atoms with Crippen molar-refractivity contribution in [3.05, 3.63) is 17.7 Å². The van der Waals surface area contributed by atoms with Crippen LogP contribution in [0.25, 0.3) is 0 Å². The van der Waals surface area contributed by atoms with Crippen LogP contribution in [0, 0.1) is 0 Å². The Morgan fingerprint density at radius 1 is 1.23 bits per heavy atom. The van der Waals surface area contributed by atoms with Crippen LogP contribution in [0.3, 0.4) is 0 Å². The number of benzene rings is 1. The average molecular weight is 218 g/mol. The second kappa shape index (κ2) is 3.71. The molecule has 0 amide bonds. The molecule has 0 aliphatic heterocycles. The highest BCUT2D eigenvalue weighted by Crippen LogP contribution is 2.35. The predicted octanol–water partition coefficient (Wildman–Crippen LogP) is 1.34. The molecule has 0 aliphatic carbocycles. The molecule has 4 nitrogen and oxygen atoms in total. The average Bonchev–Trinajstić information content (AvgIpc) is 2.12. The Morgan fingerprint density at radius 3 is 2.08 bits per heavy atom. The van der Waals surface area contributed by atoms with Gasteiger partial charge in [-0.25, -0.2) is 0 Å². The summed E-state index contributed by atoms with van der Waals surface area (Å²) in [6.07, 6.45) is 0. The summed E-state index contributed by atoms with van der Waals surface area (Å²) >= 11 is 8.14. The zero-order valence-corrected chi connectivity index (χ0v) is 7.97. The zero-order valence-electron chi connectivity index (χ0n) is 6.26. The zero-order chi connectivity index (χ0) is 10.0. The summed E-state index contributed by atoms with van der Waals surface area (Å²) in [7, 11) is 0. The lowest BCUT2D eigenvalue weighted by molar-refractivity contribution is 0.367. The van der Waals surface area contributed by atoms with Gasteiger partial charge in [-0.2, -0.15) is 0 Å². The van der Waals surface area contributed by atoms with E-state index in [0.717, 1.165) is 12.1 Å². The second-order valence-corrected chi connectivity index (χ2v) is 2.80. The standard InChI is InChI=1S/C7H6O4S2/c8-4-1-3(7(12)11-13)2-5(9)6(4)10/h1-2,8-10,13H. The Kier molecular flexibility index (Phi) is 2.84. The maximum atomic E-state index is 9.08. The minimum atomic E-state index is -0.592. The molecule has 1 rings (SSSR count). The first-order valence-electron chi connectivity index (χ1n) is 3.17. The number of thiocarbonyl (C=S) groups is 1. The van der Waals surface area contributed by atoms with Gasteiger partial charge in [-0.05, 0) is 24.4 Å². The van der Waals surface area contributed by atoms with Crippen molar-refractivity contribution >= 4 is 30.2 Å². The molecule has 1 aromatic carbocycles. The molecule has 70 valence electrons. The second-order valence-electron chi connectivity index (χ2n) is 2.24. The maximum Gasteiger partial charge on any atom is 0.207 e. The highest BCUT2D eigenvalue weighted by molar-refractivity contribution is 7.82. The van der Waals surface area contributed by atoms with Crippen molar-refractivity contribution in [2.75, 3.05) is 0 Å². The lowest BCUT2D eigenvalue weighted by atomic mass is 10.2. The van der Waals surface area contributed by atoms with Crippen LogP contribution in [0.5, 0.6) is 17.2 Å². The van der Waals surface area contributed by atoms with Crippen LogP contribution in [-0.4, -0.2) is 20.4 Å². The van der Waals surface area contributed by atoms with Gasteiger partial charge in [0, 0.05) is 18.5 Å². The molecule has 0 aromatic heterocycles. The van der Waals surface area contributed by atoms with E-state index in [0.29, 0.717) is 0 Å². The summed E-state index contributed by atoms with van der Waals surface area (Å²) in [5, 5.41) is 27.1. The van der Waals surface area contributed by atoms with E-state index in [4.69, 9.17) is 15.3 Å². The van der Waals surface area contributed by atoms with Gasteiger partial charge in [0.2, 0.25) is 5.05 Å². The van der Waals surface area contributed by atoms with Crippen molar-refractivity contribution in [2.24, 2.45) is 0 Å². The number of phenols is 3. The molecular formula is C7H6O4S2. The van der Waals surface area contributed by atoms with Gasteiger partial charge in [0.05, 0.1) is 0 Å². The third kappa shape index (κ3) is 1.96. The van der Waals surface area contributed by atoms with Crippen molar-refractivity contribution in [2.45, 2.75) is 0 Å². The first-order valence-corrected chi connectivity index (χ1v) is 3.94. The lowest BCUT2D eigenvalue weighted by Gasteiger charge is -2.04. The topological polar surface area (TPSA) is 69.9 Å². The van der Waals surface area contributed by atoms with E-state index in [1.807, 2.05) is 0 Å². The van der Waals surface area contributed by atoms with E-state index < -0.39 is 17.2 Å². The monoisotopic (exact) mass is 218 g/mol. The van der Waals surface area contributed by atoms with E-state index >= 15 is 0 Å². The van der Waals surface area contributed by atoms with E-state index in [-0.39, 0.29) is 10.6 Å². The minimum Gasteiger partial charge on any atom is -0.504 e. The predicted molar refractivity (Wildman–Crippen MR) is 53.2 cm³/mol. The van der Waals surface area contributed by atoms with Gasteiger partial charge >= 0.3 is 0 Å². The fourth-order valence-electron chi connectivity index (χ4n) is 0.775. The smallest absolute Gasteiger partial charge is 0.207 e. The molecule has 0 bridgehead atoms. The van der Waals surface area contributed by atoms with Crippen molar-refractivity contribution in [1.29, 1.82) is 0 Å². The van der Waals surface area contributed by atoms with Gasteiger partial charge in [0.15, 0.2) is 17.2 Å². The molecule has 0 saturated heterocycles. The highest BCUT2D eigenvalue weighted by Gasteiger charge is 2.11. The third-order valence-corrected chi connectivity index (χ3v) is 2.01. The van der Waals surface area contributed by atoms with Crippen LogP contribution in [0.1, 0.15) is 5.56 Å². The van der Waals surface area contributed by atoms with Crippen LogP contribution in [-0.2, 0) is 4.18 Å². The Morgan fingerprint density at radius 2 is 1.69 bits per heavy atom. The summed E-state index contributed by atoms with van der Waals surface area (Å²) in [5.74, 6) is -1.53. The Labute approximate surface area is 85.0 Å². The van der Waals surface area contributed by atoms with E-state index in [1.54, 1.807) is 0 Å². The van der Waals surface area contributed by atoms with Gasteiger partial charge in [0.25, 0.3) is 0 Å². The fourth-order valence-corrected chi connectivity index (χ4v) is 0.998. The van der Waals surface area contributed by atoms with Gasteiger partial charge in [-0.3, -0.25) is 0 Å². The maximum absolute atomic E-state index is 9.08. The lowest BCUT2D eigenvalue weighted by Crippen LogP contribution is -1.95. The van der Waals surface area contributed by atoms with Crippen LogP contribution in [0.2, 0.25) is 0 Å². The molecule has 6 heteroatoms. The Hall–Kier alpha value is -1.14. The van der Waals surface area contributed by atoms with Crippen molar-refractivity contribution in [3.63, 3.8) is 0 Å². The molecule has 0 fully saturated rings. The van der Waals surface area contributed by atoms with Gasteiger partial charge in [-0.15, -0.1) is 0 Å². The summed E-state index contributed by atoms with van der Waals surface area (Å²) < 4.78 is 4.41. The van der Waals surface area contributed by atoms with Crippen LogP contribution in [0.15, 0.2) is 12.1 Å². The third-order valence-electron chi connectivity index (χ3n) is 1.39. The first-order chi connectivity index (χ1) is 6.06. The number of hydrogen-bond acceptors (Lipinski definition) is 6. The number of aromatic hydroxyl groups is 3. The molecular weight excluding hydrogens is 212 g/mol. The summed E-state index contributed by atoms with van der Waals surface area (Å²) in [4.78, 5) is 0. The van der Waals surface area contributed by atoms with Crippen molar-refractivity contribution in [1.82, 2.24) is 0 Å². The van der Waals surface area contributed by atoms with Gasteiger partial charge in [-0.1, -0.05) is 0 Å². The fraction of sp³-hybridized carbons (Fsp3) is 0. The number of phenolic OH excluding ortho intramolecular Hbond substituents is 3. The largest absolute Gasteiger partial charge is 0.504 e. The Bertz CT molecular complexity index is 327. The van der Waals surface area contributed by atoms with Crippen molar-refractivity contribution < 1.29 is 19.5 Å². The first kappa shape index (κ1) is 9.94. The molecule has 0 unspecified atom stereocenters. The number of thiol groups is 1. The van der Waals surface area contributed by atoms with Crippen LogP contribution >= 0.6 is 25.1 Å². The van der Waals surface area contributed by atoms with E-state index in [2.05, 4.69) is 29.3 Å². The van der Waals surface area contributed by atoms with Crippen LogP contribution in [0.4, 0.5) is 0 Å². The summed E-state index contributed by atoms with van der Waals surface area (Å²) in [6, 6.07) is 2.32. The molecule has 0 aliphatic rings. The molecule has 13 heavy (non-hydrogen) atoms. The number of hydrogen-bond donors (Lipinski definition) is 4. The van der Waals surface area contributed by atoms with E-state index in [9.17, 15) is 0 Å². The molecule has 0 spiro atoms. The summed E-state index contributed by atoms with van der Waals surface area (Å²) in [5.41, 5.74) is 0.262. The van der Waals surface area contributed by atoms with Gasteiger partial charge < -0.3 is 19.5 Å². The highest BCUT2D eigenvalue weighted by atomic mass is 32.1. The SMILES string of the molecule is Oc1cc(C(=S)OS)cc(O)c1O.